The molecule has 0 fully saturated rings. The summed E-state index contributed by atoms with van der Waals surface area (Å²) in [4.78, 5) is 4.18. The molecule has 5 N–H and O–H groups in total. The van der Waals surface area contributed by atoms with Gasteiger partial charge in [0, 0.05) is 6.04 Å². The van der Waals surface area contributed by atoms with Crippen LogP contribution < -0.4 is 16.8 Å². The fraction of sp³-hybridized carbons (Fsp3) is 0.583. The van der Waals surface area contributed by atoms with Crippen LogP contribution in [0.1, 0.15) is 33.6 Å². The normalized spacial score (nSPS) is 12.8. The number of anilines is 3. The average Bonchev–Trinajstić information content (AvgIpc) is 2.21. The van der Waals surface area contributed by atoms with Crippen LogP contribution in [0.15, 0.2) is 12.1 Å². The van der Waals surface area contributed by atoms with Crippen molar-refractivity contribution in [3.63, 3.8) is 0 Å². The molecule has 1 unspecified atom stereocenters. The Bertz CT molecular complexity index is 336. The molecule has 4 nitrogen and oxygen atoms in total. The molecule has 0 saturated heterocycles. The maximum Gasteiger partial charge on any atom is 0.149 e. The summed E-state index contributed by atoms with van der Waals surface area (Å²) in [6.45, 7) is 6.61. The van der Waals surface area contributed by atoms with Crippen molar-refractivity contribution < 1.29 is 0 Å². The van der Waals surface area contributed by atoms with Crippen LogP contribution in [-0.4, -0.2) is 11.0 Å². The minimum Gasteiger partial charge on any atom is -0.396 e. The van der Waals surface area contributed by atoms with Gasteiger partial charge in [0.25, 0.3) is 0 Å². The monoisotopic (exact) mass is 222 g/mol. The lowest BCUT2D eigenvalue weighted by Crippen LogP contribution is -2.17. The summed E-state index contributed by atoms with van der Waals surface area (Å²) in [5.74, 6) is 1.91. The molecule has 1 rings (SSSR count). The third kappa shape index (κ3) is 3.96. The van der Waals surface area contributed by atoms with Crippen LogP contribution in [0.25, 0.3) is 0 Å². The summed E-state index contributed by atoms with van der Waals surface area (Å²) in [6.07, 6.45) is 2.34. The molecule has 0 aliphatic rings. The Labute approximate surface area is 97.4 Å². The number of aromatic nitrogens is 1. The lowest BCUT2D eigenvalue weighted by Gasteiger charge is -2.16. The maximum absolute atomic E-state index is 5.64. The van der Waals surface area contributed by atoms with Crippen molar-refractivity contribution in [2.45, 2.75) is 39.7 Å². The second-order valence-electron chi connectivity index (χ2n) is 4.69. The van der Waals surface area contributed by atoms with Crippen molar-refractivity contribution in [2.75, 3.05) is 16.8 Å². The second kappa shape index (κ2) is 5.58. The molecule has 0 aromatic carbocycles. The average molecular weight is 222 g/mol. The SMILES string of the molecule is CC(C)CCC(C)Nc1ccc(N)c(N)n1. The molecule has 4 heteroatoms. The summed E-state index contributed by atoms with van der Waals surface area (Å²) in [5.41, 5.74) is 11.8. The van der Waals surface area contributed by atoms with E-state index in [1.165, 1.54) is 6.42 Å². The molecule has 0 spiro atoms. The zero-order valence-corrected chi connectivity index (χ0v) is 10.3. The van der Waals surface area contributed by atoms with Crippen molar-refractivity contribution in [1.29, 1.82) is 0 Å². The fourth-order valence-electron chi connectivity index (χ4n) is 1.47. The van der Waals surface area contributed by atoms with Crippen molar-refractivity contribution in [2.24, 2.45) is 5.92 Å². The van der Waals surface area contributed by atoms with E-state index in [-0.39, 0.29) is 0 Å². The Morgan fingerprint density at radius 1 is 1.19 bits per heavy atom. The third-order valence-electron chi connectivity index (χ3n) is 2.53. The second-order valence-corrected chi connectivity index (χ2v) is 4.69. The number of rotatable bonds is 5. The van der Waals surface area contributed by atoms with E-state index in [4.69, 9.17) is 11.5 Å². The van der Waals surface area contributed by atoms with Crippen LogP contribution in [0.2, 0.25) is 0 Å². The highest BCUT2D eigenvalue weighted by atomic mass is 15.0. The van der Waals surface area contributed by atoms with Crippen LogP contribution in [0.3, 0.4) is 0 Å². The summed E-state index contributed by atoms with van der Waals surface area (Å²) >= 11 is 0. The van der Waals surface area contributed by atoms with Crippen molar-refractivity contribution in [3.8, 4) is 0 Å². The topological polar surface area (TPSA) is 77.0 Å². The zero-order chi connectivity index (χ0) is 12.1. The highest BCUT2D eigenvalue weighted by molar-refractivity contribution is 5.61. The Morgan fingerprint density at radius 3 is 2.44 bits per heavy atom. The first-order valence-corrected chi connectivity index (χ1v) is 5.77. The molecular formula is C12H22N4. The molecule has 1 atom stereocenters. The molecule has 1 aromatic heterocycles. The first-order chi connectivity index (χ1) is 7.49. The van der Waals surface area contributed by atoms with Gasteiger partial charge in [-0.1, -0.05) is 13.8 Å². The summed E-state index contributed by atoms with van der Waals surface area (Å²) in [6, 6.07) is 4.04. The van der Waals surface area contributed by atoms with Crippen LogP contribution in [0.5, 0.6) is 0 Å². The van der Waals surface area contributed by atoms with Crippen LogP contribution in [-0.2, 0) is 0 Å². The van der Waals surface area contributed by atoms with Gasteiger partial charge in [0.1, 0.15) is 11.6 Å². The van der Waals surface area contributed by atoms with Gasteiger partial charge >= 0.3 is 0 Å². The van der Waals surface area contributed by atoms with E-state index in [1.807, 2.05) is 6.07 Å². The van der Waals surface area contributed by atoms with E-state index >= 15 is 0 Å². The molecule has 0 aliphatic heterocycles. The fourth-order valence-corrected chi connectivity index (χ4v) is 1.47. The number of pyridine rings is 1. The predicted octanol–water partition coefficient (Wildman–Crippen LogP) is 2.48. The predicted molar refractivity (Wildman–Crippen MR) is 70.2 cm³/mol. The van der Waals surface area contributed by atoms with Gasteiger partial charge in [0.05, 0.1) is 5.69 Å². The molecule has 0 bridgehead atoms. The Hall–Kier alpha value is -1.45. The first-order valence-electron chi connectivity index (χ1n) is 5.77. The third-order valence-corrected chi connectivity index (χ3v) is 2.53. The van der Waals surface area contributed by atoms with Gasteiger partial charge in [0.15, 0.2) is 0 Å². The van der Waals surface area contributed by atoms with Crippen LogP contribution >= 0.6 is 0 Å². The Kier molecular flexibility index (Phi) is 4.40. The molecule has 1 aromatic rings. The van der Waals surface area contributed by atoms with Gasteiger partial charge in [-0.2, -0.15) is 0 Å². The lowest BCUT2D eigenvalue weighted by atomic mass is 10.0. The van der Waals surface area contributed by atoms with E-state index in [2.05, 4.69) is 31.1 Å². The van der Waals surface area contributed by atoms with E-state index in [9.17, 15) is 0 Å². The zero-order valence-electron chi connectivity index (χ0n) is 10.3. The maximum atomic E-state index is 5.64. The number of nitrogens with two attached hydrogens (primary N) is 2. The van der Waals surface area contributed by atoms with Gasteiger partial charge in [0.2, 0.25) is 0 Å². The Morgan fingerprint density at radius 2 is 1.88 bits per heavy atom. The van der Waals surface area contributed by atoms with Gasteiger partial charge in [-0.05, 0) is 37.8 Å². The van der Waals surface area contributed by atoms with Gasteiger partial charge in [-0.15, -0.1) is 0 Å². The number of nitrogens with zero attached hydrogens (tertiary/aromatic N) is 1. The van der Waals surface area contributed by atoms with E-state index in [1.54, 1.807) is 6.07 Å². The largest absolute Gasteiger partial charge is 0.396 e. The molecule has 0 aliphatic carbocycles. The standard InChI is InChI=1S/C12H22N4/c1-8(2)4-5-9(3)15-11-7-6-10(13)12(14)16-11/h6-9H,4-5,13H2,1-3H3,(H3,14,15,16). The molecule has 1 heterocycles. The molecule has 0 radical (unpaired) electrons. The van der Waals surface area contributed by atoms with E-state index in [0.717, 1.165) is 18.2 Å². The molecule has 0 amide bonds. The summed E-state index contributed by atoms with van der Waals surface area (Å²) in [5, 5.41) is 3.32. The quantitative estimate of drug-likeness (QED) is 0.715. The number of hydrogen-bond donors (Lipinski definition) is 3. The summed E-state index contributed by atoms with van der Waals surface area (Å²) in [7, 11) is 0. The van der Waals surface area contributed by atoms with Gasteiger partial charge in [-0.3, -0.25) is 0 Å². The van der Waals surface area contributed by atoms with Crippen molar-refractivity contribution >= 4 is 17.3 Å². The molecular weight excluding hydrogens is 200 g/mol. The smallest absolute Gasteiger partial charge is 0.149 e. The number of nitrogens with one attached hydrogen (secondary N) is 1. The van der Waals surface area contributed by atoms with Gasteiger partial charge in [-0.25, -0.2) is 4.98 Å². The van der Waals surface area contributed by atoms with E-state index in [0.29, 0.717) is 17.5 Å². The van der Waals surface area contributed by atoms with Crippen molar-refractivity contribution in [3.05, 3.63) is 12.1 Å². The van der Waals surface area contributed by atoms with Crippen LogP contribution in [0, 0.1) is 5.92 Å². The highest BCUT2D eigenvalue weighted by Crippen LogP contribution is 2.16. The van der Waals surface area contributed by atoms with Crippen molar-refractivity contribution in [1.82, 2.24) is 4.98 Å². The van der Waals surface area contributed by atoms with Gasteiger partial charge < -0.3 is 16.8 Å². The molecule has 16 heavy (non-hydrogen) atoms. The highest BCUT2D eigenvalue weighted by Gasteiger charge is 2.05. The minimum atomic E-state index is 0.390. The molecule has 0 saturated carbocycles. The van der Waals surface area contributed by atoms with E-state index < -0.39 is 0 Å². The number of nitrogen functional groups attached to an aromatic ring is 2. The minimum absolute atomic E-state index is 0.390. The first kappa shape index (κ1) is 12.6. The Balaban J connectivity index is 2.49. The number of hydrogen-bond acceptors (Lipinski definition) is 4. The van der Waals surface area contributed by atoms with Crippen LogP contribution in [0.4, 0.5) is 17.3 Å². The summed E-state index contributed by atoms with van der Waals surface area (Å²) < 4.78 is 0. The molecule has 90 valence electrons. The lowest BCUT2D eigenvalue weighted by molar-refractivity contribution is 0.527.